The van der Waals surface area contributed by atoms with Crippen molar-refractivity contribution in [1.29, 1.82) is 0 Å². The highest BCUT2D eigenvalue weighted by atomic mass is 32.1. The molecule has 24 heavy (non-hydrogen) atoms. The number of carbonyl (C=O) groups is 1. The number of benzene rings is 2. The molecule has 0 aliphatic rings. The summed E-state index contributed by atoms with van der Waals surface area (Å²) in [7, 11) is 1.25. The van der Waals surface area contributed by atoms with E-state index in [1.54, 1.807) is 18.2 Å². The lowest BCUT2D eigenvalue weighted by molar-refractivity contribution is -0.136. The minimum absolute atomic E-state index is 0.0336. The normalized spacial score (nSPS) is 10.8. The van der Waals surface area contributed by atoms with Crippen LogP contribution in [0.3, 0.4) is 0 Å². The van der Waals surface area contributed by atoms with Crippen molar-refractivity contribution < 1.29 is 22.7 Å². The van der Waals surface area contributed by atoms with E-state index in [4.69, 9.17) is 12.2 Å². The Balaban J connectivity index is 2.14. The molecule has 2 N–H and O–H groups in total. The fourth-order valence-electron chi connectivity index (χ4n) is 1.97. The van der Waals surface area contributed by atoms with Crippen molar-refractivity contribution in [1.82, 2.24) is 0 Å². The van der Waals surface area contributed by atoms with Crippen LogP contribution in [-0.4, -0.2) is 18.2 Å². The Bertz CT molecular complexity index is 763. The lowest BCUT2D eigenvalue weighted by atomic mass is 10.1. The fourth-order valence-corrected chi connectivity index (χ4v) is 2.19. The van der Waals surface area contributed by atoms with E-state index in [0.29, 0.717) is 11.3 Å². The van der Waals surface area contributed by atoms with Gasteiger partial charge in [-0.1, -0.05) is 18.2 Å². The summed E-state index contributed by atoms with van der Waals surface area (Å²) in [5.74, 6) is -0.528. The summed E-state index contributed by atoms with van der Waals surface area (Å²) in [4.78, 5) is 11.5. The fraction of sp³-hybridized carbons (Fsp3) is 0.125. The highest BCUT2D eigenvalue weighted by molar-refractivity contribution is 7.80. The first kappa shape index (κ1) is 17.7. The summed E-state index contributed by atoms with van der Waals surface area (Å²) in [6.07, 6.45) is -4.50. The average molecular weight is 354 g/mol. The highest BCUT2D eigenvalue weighted by Gasteiger charge is 2.33. The zero-order chi connectivity index (χ0) is 17.7. The Morgan fingerprint density at radius 3 is 2.46 bits per heavy atom. The van der Waals surface area contributed by atoms with Crippen LogP contribution in [0.25, 0.3) is 0 Å². The molecule has 4 nitrogen and oxygen atoms in total. The van der Waals surface area contributed by atoms with Gasteiger partial charge in [0.2, 0.25) is 0 Å². The number of carbonyl (C=O) groups excluding carboxylic acids is 1. The molecule has 0 atom stereocenters. The van der Waals surface area contributed by atoms with Crippen LogP contribution in [0.15, 0.2) is 48.5 Å². The summed E-state index contributed by atoms with van der Waals surface area (Å²) < 4.78 is 43.5. The van der Waals surface area contributed by atoms with Crippen LogP contribution in [0, 0.1) is 0 Å². The molecule has 0 bridgehead atoms. The standard InChI is InChI=1S/C16H13F3N2O2S/c1-23-14(22)10-5-4-6-11(9-10)20-15(24)21-13-8-3-2-7-12(13)16(17,18)19/h2-9H,1H3,(H2,20,21,24). The summed E-state index contributed by atoms with van der Waals surface area (Å²) in [6, 6.07) is 11.3. The molecule has 126 valence electrons. The average Bonchev–Trinajstić information content (AvgIpc) is 2.53. The number of halogens is 3. The predicted molar refractivity (Wildman–Crippen MR) is 89.1 cm³/mol. The van der Waals surface area contributed by atoms with Crippen LogP contribution in [0.2, 0.25) is 0 Å². The van der Waals surface area contributed by atoms with Gasteiger partial charge in [-0.15, -0.1) is 0 Å². The first-order chi connectivity index (χ1) is 11.3. The van der Waals surface area contributed by atoms with Gasteiger partial charge in [-0.2, -0.15) is 13.2 Å². The first-order valence-electron chi connectivity index (χ1n) is 6.74. The van der Waals surface area contributed by atoms with Crippen LogP contribution in [0.1, 0.15) is 15.9 Å². The molecule has 0 saturated carbocycles. The maximum atomic E-state index is 13.0. The van der Waals surface area contributed by atoms with Gasteiger partial charge in [0.1, 0.15) is 0 Å². The van der Waals surface area contributed by atoms with Gasteiger partial charge >= 0.3 is 12.1 Å². The van der Waals surface area contributed by atoms with Gasteiger partial charge < -0.3 is 15.4 Å². The molecule has 0 aliphatic carbocycles. The summed E-state index contributed by atoms with van der Waals surface area (Å²) in [5.41, 5.74) is -0.245. The number of hydrogen-bond donors (Lipinski definition) is 2. The summed E-state index contributed by atoms with van der Waals surface area (Å²) in [6.45, 7) is 0. The van der Waals surface area contributed by atoms with E-state index in [-0.39, 0.29) is 10.8 Å². The Labute approximate surface area is 141 Å². The molecular weight excluding hydrogens is 341 g/mol. The van der Waals surface area contributed by atoms with Gasteiger partial charge in [0, 0.05) is 5.69 Å². The number of nitrogens with one attached hydrogen (secondary N) is 2. The van der Waals surface area contributed by atoms with Crippen molar-refractivity contribution in [2.45, 2.75) is 6.18 Å². The Kier molecular flexibility index (Phi) is 5.40. The lowest BCUT2D eigenvalue weighted by Gasteiger charge is -2.16. The maximum absolute atomic E-state index is 13.0. The summed E-state index contributed by atoms with van der Waals surface area (Å²) >= 11 is 5.03. The third kappa shape index (κ3) is 4.45. The van der Waals surface area contributed by atoms with Crippen LogP contribution >= 0.6 is 12.2 Å². The number of para-hydroxylation sites is 1. The van der Waals surface area contributed by atoms with Crippen molar-refractivity contribution in [2.24, 2.45) is 0 Å². The third-order valence-corrected chi connectivity index (χ3v) is 3.23. The van der Waals surface area contributed by atoms with E-state index in [1.165, 1.54) is 31.4 Å². The molecule has 0 unspecified atom stereocenters. The van der Waals surface area contributed by atoms with Gasteiger partial charge in [0.05, 0.1) is 23.9 Å². The molecule has 2 rings (SSSR count). The highest BCUT2D eigenvalue weighted by Crippen LogP contribution is 2.34. The van der Waals surface area contributed by atoms with Crippen molar-refractivity contribution in [3.05, 3.63) is 59.7 Å². The number of rotatable bonds is 3. The zero-order valence-electron chi connectivity index (χ0n) is 12.5. The third-order valence-electron chi connectivity index (χ3n) is 3.02. The minimum Gasteiger partial charge on any atom is -0.465 e. The van der Waals surface area contributed by atoms with E-state index in [0.717, 1.165) is 6.07 Å². The second-order valence-electron chi connectivity index (χ2n) is 4.69. The van der Waals surface area contributed by atoms with Crippen LogP contribution in [-0.2, 0) is 10.9 Å². The molecule has 0 aliphatic heterocycles. The molecule has 0 spiro atoms. The van der Waals surface area contributed by atoms with E-state index in [1.807, 2.05) is 0 Å². The molecule has 0 radical (unpaired) electrons. The largest absolute Gasteiger partial charge is 0.465 e. The second kappa shape index (κ2) is 7.31. The van der Waals surface area contributed by atoms with E-state index < -0.39 is 17.7 Å². The van der Waals surface area contributed by atoms with Gasteiger partial charge in [0.15, 0.2) is 5.11 Å². The number of methoxy groups -OCH3 is 1. The molecule has 2 aromatic carbocycles. The second-order valence-corrected chi connectivity index (χ2v) is 5.10. The number of anilines is 2. The van der Waals surface area contributed by atoms with Crippen molar-refractivity contribution >= 4 is 34.7 Å². The molecule has 0 fully saturated rings. The van der Waals surface area contributed by atoms with E-state index in [2.05, 4.69) is 15.4 Å². The Hall–Kier alpha value is -2.61. The quantitative estimate of drug-likeness (QED) is 0.636. The van der Waals surface area contributed by atoms with E-state index >= 15 is 0 Å². The molecule has 0 amide bonds. The number of esters is 1. The maximum Gasteiger partial charge on any atom is 0.418 e. The molecule has 0 saturated heterocycles. The molecular formula is C16H13F3N2O2S. The van der Waals surface area contributed by atoms with Crippen molar-refractivity contribution in [3.63, 3.8) is 0 Å². The number of hydrogen-bond acceptors (Lipinski definition) is 3. The van der Waals surface area contributed by atoms with Crippen LogP contribution in [0.5, 0.6) is 0 Å². The van der Waals surface area contributed by atoms with Gasteiger partial charge in [0.25, 0.3) is 0 Å². The Morgan fingerprint density at radius 2 is 1.79 bits per heavy atom. The summed E-state index contributed by atoms with van der Waals surface area (Å²) in [5, 5.41) is 5.21. The minimum atomic E-state index is -4.50. The number of ether oxygens (including phenoxy) is 1. The topological polar surface area (TPSA) is 50.4 Å². The van der Waals surface area contributed by atoms with Crippen LogP contribution < -0.4 is 10.6 Å². The van der Waals surface area contributed by atoms with E-state index in [9.17, 15) is 18.0 Å². The monoisotopic (exact) mass is 354 g/mol. The molecule has 0 heterocycles. The molecule has 8 heteroatoms. The van der Waals surface area contributed by atoms with Gasteiger partial charge in [-0.05, 0) is 42.5 Å². The zero-order valence-corrected chi connectivity index (χ0v) is 13.3. The van der Waals surface area contributed by atoms with Gasteiger partial charge in [-0.25, -0.2) is 4.79 Å². The molecule has 2 aromatic rings. The van der Waals surface area contributed by atoms with Gasteiger partial charge in [-0.3, -0.25) is 0 Å². The Morgan fingerprint density at radius 1 is 1.08 bits per heavy atom. The van der Waals surface area contributed by atoms with Crippen LogP contribution in [0.4, 0.5) is 24.5 Å². The first-order valence-corrected chi connectivity index (χ1v) is 7.14. The van der Waals surface area contributed by atoms with Crippen molar-refractivity contribution in [3.8, 4) is 0 Å². The predicted octanol–water partition coefficient (Wildman–Crippen LogP) is 4.30. The lowest BCUT2D eigenvalue weighted by Crippen LogP contribution is -2.21. The van der Waals surface area contributed by atoms with Crippen molar-refractivity contribution in [2.75, 3.05) is 17.7 Å². The number of thiocarbonyl (C=S) groups is 1. The smallest absolute Gasteiger partial charge is 0.418 e. The SMILES string of the molecule is COC(=O)c1cccc(NC(=S)Nc2ccccc2C(F)(F)F)c1. The molecule has 0 aromatic heterocycles. The number of alkyl halides is 3.